The highest BCUT2D eigenvalue weighted by atomic mass is 32.2. The molecule has 0 N–H and O–H groups in total. The standard InChI is InChI=1S/C19H25N5O2S/c1-3-13-23(15-9-5-4-6-10-15)18(25)14-27-19-20-21-22-24(19)16-11-7-8-12-17(16)26-2/h7-9,11-12H,3-6,10,13-14H2,1-2H3. The normalized spacial score (nSPS) is 13.9. The number of carbonyl (C=O) groups excluding carboxylic acids is 1. The Morgan fingerprint density at radius 2 is 2.19 bits per heavy atom. The van der Waals surface area contributed by atoms with E-state index in [1.165, 1.54) is 18.2 Å². The second-order valence-electron chi connectivity index (χ2n) is 6.32. The number of aromatic nitrogens is 4. The number of rotatable bonds is 8. The van der Waals surface area contributed by atoms with E-state index in [1.54, 1.807) is 11.8 Å². The van der Waals surface area contributed by atoms with Crippen LogP contribution in [0.2, 0.25) is 0 Å². The topological polar surface area (TPSA) is 73.1 Å². The number of nitrogens with zero attached hydrogens (tertiary/aromatic N) is 5. The lowest BCUT2D eigenvalue weighted by molar-refractivity contribution is -0.126. The lowest BCUT2D eigenvalue weighted by atomic mass is 10.0. The molecule has 1 aromatic heterocycles. The van der Waals surface area contributed by atoms with Crippen LogP contribution in [0, 0.1) is 0 Å². The van der Waals surface area contributed by atoms with Crippen LogP contribution in [-0.4, -0.2) is 50.4 Å². The molecule has 1 amide bonds. The quantitative estimate of drug-likeness (QED) is 0.646. The smallest absolute Gasteiger partial charge is 0.237 e. The number of carbonyl (C=O) groups is 1. The summed E-state index contributed by atoms with van der Waals surface area (Å²) in [7, 11) is 1.61. The van der Waals surface area contributed by atoms with E-state index < -0.39 is 0 Å². The van der Waals surface area contributed by atoms with Gasteiger partial charge < -0.3 is 9.64 Å². The molecule has 27 heavy (non-hydrogen) atoms. The van der Waals surface area contributed by atoms with Gasteiger partial charge in [-0.2, -0.15) is 4.68 Å². The summed E-state index contributed by atoms with van der Waals surface area (Å²) < 4.78 is 7.00. The summed E-state index contributed by atoms with van der Waals surface area (Å²) in [5, 5.41) is 12.5. The molecular formula is C19H25N5O2S. The average molecular weight is 388 g/mol. The maximum Gasteiger partial charge on any atom is 0.237 e. The summed E-state index contributed by atoms with van der Waals surface area (Å²) in [5.41, 5.74) is 1.92. The van der Waals surface area contributed by atoms with E-state index in [9.17, 15) is 4.79 Å². The molecule has 3 rings (SSSR count). The number of thioether (sulfide) groups is 1. The molecule has 0 fully saturated rings. The molecule has 1 aliphatic rings. The molecule has 0 radical (unpaired) electrons. The fourth-order valence-corrected chi connectivity index (χ4v) is 3.91. The zero-order chi connectivity index (χ0) is 19.1. The zero-order valence-corrected chi connectivity index (χ0v) is 16.6. The highest BCUT2D eigenvalue weighted by molar-refractivity contribution is 7.99. The molecule has 0 saturated carbocycles. The van der Waals surface area contributed by atoms with Crippen molar-refractivity contribution >= 4 is 17.7 Å². The Bertz CT molecular complexity index is 805. The van der Waals surface area contributed by atoms with Crippen molar-refractivity contribution in [2.24, 2.45) is 0 Å². The zero-order valence-electron chi connectivity index (χ0n) is 15.8. The maximum absolute atomic E-state index is 12.9. The Morgan fingerprint density at radius 1 is 1.33 bits per heavy atom. The number of hydrogen-bond donors (Lipinski definition) is 0. The Balaban J connectivity index is 1.72. The minimum absolute atomic E-state index is 0.101. The molecule has 1 aromatic carbocycles. The summed E-state index contributed by atoms with van der Waals surface area (Å²) in [6, 6.07) is 7.54. The molecule has 7 nitrogen and oxygen atoms in total. The van der Waals surface area contributed by atoms with Gasteiger partial charge in [0.1, 0.15) is 11.4 Å². The highest BCUT2D eigenvalue weighted by Gasteiger charge is 2.21. The molecule has 1 heterocycles. The predicted octanol–water partition coefficient (Wildman–Crippen LogP) is 3.46. The van der Waals surface area contributed by atoms with Crippen LogP contribution in [0.3, 0.4) is 0 Å². The van der Waals surface area contributed by atoms with E-state index in [2.05, 4.69) is 28.5 Å². The molecule has 1 aliphatic carbocycles. The third kappa shape index (κ3) is 4.68. The van der Waals surface area contributed by atoms with Crippen molar-refractivity contribution < 1.29 is 9.53 Å². The number of para-hydroxylation sites is 2. The van der Waals surface area contributed by atoms with Crippen LogP contribution in [0.5, 0.6) is 5.75 Å². The molecule has 0 atom stereocenters. The molecule has 0 saturated heterocycles. The summed E-state index contributed by atoms with van der Waals surface area (Å²) >= 11 is 1.35. The molecule has 2 aromatic rings. The van der Waals surface area contributed by atoms with Crippen LogP contribution in [0.1, 0.15) is 39.0 Å². The summed E-state index contributed by atoms with van der Waals surface area (Å²) in [6.45, 7) is 2.85. The van der Waals surface area contributed by atoms with Gasteiger partial charge in [0.05, 0.1) is 12.9 Å². The predicted molar refractivity (Wildman–Crippen MR) is 105 cm³/mol. The van der Waals surface area contributed by atoms with Crippen molar-refractivity contribution in [3.05, 3.63) is 36.0 Å². The number of tetrazole rings is 1. The molecular weight excluding hydrogens is 362 g/mol. The second kappa shape index (κ2) is 9.55. The van der Waals surface area contributed by atoms with Crippen LogP contribution in [0.15, 0.2) is 41.2 Å². The number of allylic oxidation sites excluding steroid dienone is 2. The third-order valence-electron chi connectivity index (χ3n) is 4.44. The number of benzene rings is 1. The first-order chi connectivity index (χ1) is 13.2. The van der Waals surface area contributed by atoms with Gasteiger partial charge in [-0.05, 0) is 54.7 Å². The molecule has 0 unspecified atom stereocenters. The number of methoxy groups -OCH3 is 1. The van der Waals surface area contributed by atoms with Gasteiger partial charge >= 0.3 is 0 Å². The van der Waals surface area contributed by atoms with Crippen molar-refractivity contribution in [2.75, 3.05) is 19.4 Å². The van der Waals surface area contributed by atoms with E-state index in [0.717, 1.165) is 43.6 Å². The fourth-order valence-electron chi connectivity index (χ4n) is 3.15. The van der Waals surface area contributed by atoms with Crippen LogP contribution in [0.4, 0.5) is 0 Å². The molecule has 0 bridgehead atoms. The average Bonchev–Trinajstić information content (AvgIpc) is 3.19. The van der Waals surface area contributed by atoms with Gasteiger partial charge in [-0.1, -0.05) is 36.9 Å². The highest BCUT2D eigenvalue weighted by Crippen LogP contribution is 2.27. The summed E-state index contributed by atoms with van der Waals surface area (Å²) in [5.74, 6) is 1.08. The first-order valence-corrected chi connectivity index (χ1v) is 10.3. The first kappa shape index (κ1) is 19.4. The van der Waals surface area contributed by atoms with Crippen molar-refractivity contribution in [1.29, 1.82) is 0 Å². The van der Waals surface area contributed by atoms with E-state index >= 15 is 0 Å². The SMILES string of the molecule is CCCN(C(=O)CSc1nnnn1-c1ccccc1OC)C1=CCCCC1. The Morgan fingerprint density at radius 3 is 2.93 bits per heavy atom. The van der Waals surface area contributed by atoms with Gasteiger partial charge in [0.15, 0.2) is 0 Å². The van der Waals surface area contributed by atoms with Gasteiger partial charge in [-0.25, -0.2) is 0 Å². The van der Waals surface area contributed by atoms with Gasteiger partial charge in [-0.3, -0.25) is 4.79 Å². The van der Waals surface area contributed by atoms with Gasteiger partial charge in [-0.15, -0.1) is 5.10 Å². The minimum atomic E-state index is 0.101. The van der Waals surface area contributed by atoms with Gasteiger partial charge in [0.2, 0.25) is 11.1 Å². The largest absolute Gasteiger partial charge is 0.494 e. The lowest BCUT2D eigenvalue weighted by Crippen LogP contribution is -2.33. The molecule has 0 spiro atoms. The maximum atomic E-state index is 12.9. The number of ether oxygens (including phenoxy) is 1. The van der Waals surface area contributed by atoms with Crippen LogP contribution in [-0.2, 0) is 4.79 Å². The molecule has 0 aliphatic heterocycles. The molecule has 144 valence electrons. The summed E-state index contributed by atoms with van der Waals surface area (Å²) in [6.07, 6.45) is 7.54. The Hall–Kier alpha value is -2.35. The minimum Gasteiger partial charge on any atom is -0.494 e. The van der Waals surface area contributed by atoms with E-state index in [4.69, 9.17) is 4.74 Å². The van der Waals surface area contributed by atoms with Crippen molar-refractivity contribution in [2.45, 2.75) is 44.2 Å². The third-order valence-corrected chi connectivity index (χ3v) is 5.35. The van der Waals surface area contributed by atoms with Gasteiger partial charge in [0, 0.05) is 12.2 Å². The van der Waals surface area contributed by atoms with E-state index in [1.807, 2.05) is 29.2 Å². The lowest BCUT2D eigenvalue weighted by Gasteiger charge is -2.27. The van der Waals surface area contributed by atoms with Crippen molar-refractivity contribution in [3.8, 4) is 11.4 Å². The van der Waals surface area contributed by atoms with E-state index in [-0.39, 0.29) is 5.91 Å². The van der Waals surface area contributed by atoms with Crippen LogP contribution in [0.25, 0.3) is 5.69 Å². The number of amides is 1. The van der Waals surface area contributed by atoms with Gasteiger partial charge in [0.25, 0.3) is 0 Å². The summed E-state index contributed by atoms with van der Waals surface area (Å²) in [4.78, 5) is 14.8. The van der Waals surface area contributed by atoms with Crippen LogP contribution < -0.4 is 4.74 Å². The van der Waals surface area contributed by atoms with Crippen molar-refractivity contribution in [3.63, 3.8) is 0 Å². The van der Waals surface area contributed by atoms with E-state index in [0.29, 0.717) is 16.7 Å². The Labute approximate surface area is 163 Å². The monoisotopic (exact) mass is 387 g/mol. The number of hydrogen-bond acceptors (Lipinski definition) is 6. The van der Waals surface area contributed by atoms with Crippen LogP contribution >= 0.6 is 11.8 Å². The second-order valence-corrected chi connectivity index (χ2v) is 7.26. The Kier molecular flexibility index (Phi) is 6.86. The van der Waals surface area contributed by atoms with Crippen molar-refractivity contribution in [1.82, 2.24) is 25.1 Å². The molecule has 8 heteroatoms. The first-order valence-electron chi connectivity index (χ1n) is 9.28. The fraction of sp³-hybridized carbons (Fsp3) is 0.474.